The van der Waals surface area contributed by atoms with Gasteiger partial charge in [0.15, 0.2) is 11.5 Å². The number of aromatic nitrogens is 1. The van der Waals surface area contributed by atoms with Crippen molar-refractivity contribution < 1.29 is 14.3 Å². The van der Waals surface area contributed by atoms with Crippen LogP contribution in [0.2, 0.25) is 0 Å². The van der Waals surface area contributed by atoms with E-state index in [1.165, 1.54) is 0 Å². The lowest BCUT2D eigenvalue weighted by Crippen LogP contribution is -2.34. The van der Waals surface area contributed by atoms with E-state index in [-0.39, 0.29) is 17.9 Å². The number of carbonyl (C=O) groups excluding carboxylic acids is 1. The van der Waals surface area contributed by atoms with Crippen LogP contribution in [0.15, 0.2) is 79.0 Å². The van der Waals surface area contributed by atoms with Gasteiger partial charge in [0, 0.05) is 42.5 Å². The van der Waals surface area contributed by atoms with E-state index in [0.717, 1.165) is 60.1 Å². The topological polar surface area (TPSA) is 55.7 Å². The zero-order chi connectivity index (χ0) is 29.2. The fraction of sp³-hybridized carbons (Fsp3) is 0.400. The predicted molar refractivity (Wildman–Crippen MR) is 168 cm³/mol. The Bertz CT molecular complexity index is 1390. The van der Waals surface area contributed by atoms with Crippen molar-refractivity contribution in [3.8, 4) is 11.5 Å². The number of rotatable bonds is 15. The molecule has 1 amide bonds. The minimum atomic E-state index is -0.144. The van der Waals surface area contributed by atoms with E-state index in [9.17, 15) is 4.79 Å². The second-order valence-corrected chi connectivity index (χ2v) is 10.8. The van der Waals surface area contributed by atoms with E-state index in [4.69, 9.17) is 9.47 Å². The summed E-state index contributed by atoms with van der Waals surface area (Å²) >= 11 is 0. The monoisotopic (exact) mass is 555 g/mol. The van der Waals surface area contributed by atoms with Crippen molar-refractivity contribution in [2.45, 2.75) is 58.6 Å². The van der Waals surface area contributed by atoms with Gasteiger partial charge in [0.25, 0.3) is 0 Å². The third-order valence-electron chi connectivity index (χ3n) is 7.93. The van der Waals surface area contributed by atoms with Gasteiger partial charge in [0.1, 0.15) is 6.61 Å². The molecule has 0 saturated heterocycles. The number of carbonyl (C=O) groups is 1. The third-order valence-corrected chi connectivity index (χ3v) is 7.93. The molecule has 1 heterocycles. The van der Waals surface area contributed by atoms with E-state index >= 15 is 0 Å². The molecule has 0 spiro atoms. The number of aryl methyl sites for hydroxylation is 1. The van der Waals surface area contributed by atoms with Gasteiger partial charge in [0.2, 0.25) is 5.91 Å². The number of para-hydroxylation sites is 1. The fourth-order valence-electron chi connectivity index (χ4n) is 5.57. The van der Waals surface area contributed by atoms with Gasteiger partial charge in [-0.15, -0.1) is 0 Å². The lowest BCUT2D eigenvalue weighted by molar-refractivity contribution is -0.121. The summed E-state index contributed by atoms with van der Waals surface area (Å²) < 4.78 is 14.0. The van der Waals surface area contributed by atoms with Crippen molar-refractivity contribution in [1.29, 1.82) is 0 Å². The molecule has 4 aromatic rings. The molecule has 0 aliphatic heterocycles. The number of amides is 1. The van der Waals surface area contributed by atoms with Crippen molar-refractivity contribution in [3.63, 3.8) is 0 Å². The first-order valence-electron chi connectivity index (χ1n) is 14.8. The largest absolute Gasteiger partial charge is 0.493 e. The summed E-state index contributed by atoms with van der Waals surface area (Å²) in [6.07, 6.45) is 4.53. The second kappa shape index (κ2) is 14.7. The van der Waals surface area contributed by atoms with Crippen LogP contribution in [0.3, 0.4) is 0 Å². The van der Waals surface area contributed by atoms with Gasteiger partial charge < -0.3 is 24.3 Å². The molecule has 0 saturated carbocycles. The highest BCUT2D eigenvalue weighted by atomic mass is 16.5. The molecule has 0 aliphatic rings. The third kappa shape index (κ3) is 7.92. The fourth-order valence-corrected chi connectivity index (χ4v) is 5.57. The summed E-state index contributed by atoms with van der Waals surface area (Å²) in [4.78, 5) is 15.9. The van der Waals surface area contributed by atoms with Gasteiger partial charge in [-0.25, -0.2) is 0 Å². The molecule has 0 radical (unpaired) electrons. The van der Waals surface area contributed by atoms with Crippen LogP contribution in [0.1, 0.15) is 62.6 Å². The van der Waals surface area contributed by atoms with Crippen LogP contribution in [0.25, 0.3) is 10.9 Å². The molecule has 1 N–H and O–H groups in total. The Labute approximate surface area is 245 Å². The summed E-state index contributed by atoms with van der Waals surface area (Å²) in [6, 6.07) is 24.6. The Kier molecular flexibility index (Phi) is 10.9. The van der Waals surface area contributed by atoms with Gasteiger partial charge in [-0.05, 0) is 74.3 Å². The molecule has 41 heavy (non-hydrogen) atoms. The molecule has 2 unspecified atom stereocenters. The minimum Gasteiger partial charge on any atom is -0.493 e. The normalized spacial score (nSPS) is 12.8. The number of nitrogens with one attached hydrogen (secondary N) is 1. The maximum atomic E-state index is 13.5. The smallest absolute Gasteiger partial charge is 0.221 e. The SMILES string of the molecule is CCN(CC)CCCC(C)NC(=O)CC(c1ccc(OC)c(OCc2ccccc2)c1)c1cn(C)c2ccccc12. The van der Waals surface area contributed by atoms with Crippen molar-refractivity contribution in [2.24, 2.45) is 7.05 Å². The maximum absolute atomic E-state index is 13.5. The first-order valence-corrected chi connectivity index (χ1v) is 14.8. The van der Waals surface area contributed by atoms with Gasteiger partial charge >= 0.3 is 0 Å². The molecule has 1 aromatic heterocycles. The second-order valence-electron chi connectivity index (χ2n) is 10.8. The Balaban J connectivity index is 1.59. The number of hydrogen-bond donors (Lipinski definition) is 1. The molecule has 0 aliphatic carbocycles. The lowest BCUT2D eigenvalue weighted by atomic mass is 9.87. The summed E-state index contributed by atoms with van der Waals surface area (Å²) in [5.74, 6) is 1.26. The summed E-state index contributed by atoms with van der Waals surface area (Å²) in [6.45, 7) is 10.1. The van der Waals surface area contributed by atoms with Crippen molar-refractivity contribution in [3.05, 3.63) is 95.7 Å². The first kappa shape index (κ1) is 30.2. The predicted octanol–water partition coefficient (Wildman–Crippen LogP) is 6.91. The van der Waals surface area contributed by atoms with Crippen molar-refractivity contribution >= 4 is 16.8 Å². The van der Waals surface area contributed by atoms with Crippen LogP contribution < -0.4 is 14.8 Å². The Hall–Kier alpha value is -3.77. The standard InChI is InChI=1S/C35H45N3O3/c1-6-38(7-2)21-13-14-26(3)36-35(39)23-30(31-24-37(4)32-18-12-11-17-29(31)32)28-19-20-33(40-5)34(22-28)41-25-27-15-9-8-10-16-27/h8-12,15-20,22,24,26,30H,6-7,13-14,21,23,25H2,1-5H3,(H,36,39). The van der Waals surface area contributed by atoms with Crippen molar-refractivity contribution in [1.82, 2.24) is 14.8 Å². The summed E-state index contributed by atoms with van der Waals surface area (Å²) in [5.41, 5.74) is 4.38. The highest BCUT2D eigenvalue weighted by molar-refractivity contribution is 5.86. The number of methoxy groups -OCH3 is 1. The van der Waals surface area contributed by atoms with E-state index in [0.29, 0.717) is 24.5 Å². The first-order chi connectivity index (χ1) is 19.9. The molecule has 0 fully saturated rings. The molecular formula is C35H45N3O3. The molecule has 0 bridgehead atoms. The molecule has 4 rings (SSSR count). The zero-order valence-electron chi connectivity index (χ0n) is 25.2. The highest BCUT2D eigenvalue weighted by Crippen LogP contribution is 2.38. The Morgan fingerprint density at radius 1 is 0.976 bits per heavy atom. The van der Waals surface area contributed by atoms with Crippen LogP contribution in [-0.2, 0) is 18.4 Å². The van der Waals surface area contributed by atoms with Crippen LogP contribution in [0, 0.1) is 0 Å². The van der Waals surface area contributed by atoms with E-state index in [2.05, 4.69) is 79.1 Å². The van der Waals surface area contributed by atoms with Gasteiger partial charge in [-0.3, -0.25) is 4.79 Å². The average Bonchev–Trinajstić information content (AvgIpc) is 3.33. The molecule has 3 aromatic carbocycles. The van der Waals surface area contributed by atoms with E-state index in [1.807, 2.05) is 42.5 Å². The van der Waals surface area contributed by atoms with Crippen LogP contribution in [-0.4, -0.2) is 48.2 Å². The minimum absolute atomic E-state index is 0.0563. The zero-order valence-corrected chi connectivity index (χ0v) is 25.2. The van der Waals surface area contributed by atoms with Gasteiger partial charge in [-0.2, -0.15) is 0 Å². The average molecular weight is 556 g/mol. The van der Waals surface area contributed by atoms with Crippen LogP contribution in [0.5, 0.6) is 11.5 Å². The Morgan fingerprint density at radius 3 is 2.44 bits per heavy atom. The number of nitrogens with zero attached hydrogens (tertiary/aromatic N) is 2. The van der Waals surface area contributed by atoms with E-state index < -0.39 is 0 Å². The quantitative estimate of drug-likeness (QED) is 0.173. The Morgan fingerprint density at radius 2 is 1.71 bits per heavy atom. The molecule has 2 atom stereocenters. The molecule has 218 valence electrons. The summed E-state index contributed by atoms with van der Waals surface area (Å²) in [5, 5.41) is 4.43. The lowest BCUT2D eigenvalue weighted by Gasteiger charge is -2.22. The van der Waals surface area contributed by atoms with Gasteiger partial charge in [-0.1, -0.05) is 68.4 Å². The van der Waals surface area contributed by atoms with Crippen LogP contribution in [0.4, 0.5) is 0 Å². The number of ether oxygens (including phenoxy) is 2. The molecular weight excluding hydrogens is 510 g/mol. The molecule has 6 nitrogen and oxygen atoms in total. The number of hydrogen-bond acceptors (Lipinski definition) is 4. The van der Waals surface area contributed by atoms with Gasteiger partial charge in [0.05, 0.1) is 7.11 Å². The van der Waals surface area contributed by atoms with Crippen molar-refractivity contribution in [2.75, 3.05) is 26.7 Å². The maximum Gasteiger partial charge on any atom is 0.221 e. The number of benzene rings is 3. The van der Waals surface area contributed by atoms with Crippen LogP contribution >= 0.6 is 0 Å². The number of fused-ring (bicyclic) bond motifs is 1. The van der Waals surface area contributed by atoms with E-state index in [1.54, 1.807) is 7.11 Å². The molecule has 6 heteroatoms. The highest BCUT2D eigenvalue weighted by Gasteiger charge is 2.24. The summed E-state index contributed by atoms with van der Waals surface area (Å²) in [7, 11) is 3.71.